The van der Waals surface area contributed by atoms with Crippen LogP contribution in [0.4, 0.5) is 0 Å². The van der Waals surface area contributed by atoms with E-state index in [0.717, 1.165) is 18.8 Å². The van der Waals surface area contributed by atoms with Crippen molar-refractivity contribution >= 4 is 0 Å². The molecular formula is C12H24O. The van der Waals surface area contributed by atoms with Gasteiger partial charge in [-0.25, -0.2) is 0 Å². The molecule has 0 aliphatic heterocycles. The summed E-state index contributed by atoms with van der Waals surface area (Å²) in [6.07, 6.45) is 3.12. The number of rotatable bonds is 0. The summed E-state index contributed by atoms with van der Waals surface area (Å²) in [4.78, 5) is 0. The van der Waals surface area contributed by atoms with E-state index >= 15 is 0 Å². The minimum absolute atomic E-state index is 0.399. The Balaban J connectivity index is 2.64. The molecule has 13 heavy (non-hydrogen) atoms. The summed E-state index contributed by atoms with van der Waals surface area (Å²) in [6.45, 7) is 11.2. The average Bonchev–Trinajstić information content (AvgIpc) is 1.80. The third-order valence-electron chi connectivity index (χ3n) is 3.55. The molecule has 0 saturated heterocycles. The van der Waals surface area contributed by atoms with Crippen LogP contribution < -0.4 is 0 Å². The summed E-state index contributed by atoms with van der Waals surface area (Å²) < 4.78 is 0. The quantitative estimate of drug-likeness (QED) is 0.613. The first-order chi connectivity index (χ1) is 5.72. The molecule has 1 rings (SSSR count). The van der Waals surface area contributed by atoms with E-state index in [9.17, 15) is 5.11 Å². The number of hydrogen-bond acceptors (Lipinski definition) is 1. The molecule has 0 aromatic rings. The van der Waals surface area contributed by atoms with Gasteiger partial charge in [0.1, 0.15) is 0 Å². The molecule has 1 N–H and O–H groups in total. The standard InChI is InChI=1S/C12H24O/c1-9-8-12(5,13)7-6-10(9)11(2,3)4/h9-10,13H,6-8H2,1-5H3. The molecule has 0 heterocycles. The van der Waals surface area contributed by atoms with Crippen LogP contribution >= 0.6 is 0 Å². The predicted octanol–water partition coefficient (Wildman–Crippen LogP) is 3.22. The van der Waals surface area contributed by atoms with E-state index in [2.05, 4.69) is 27.7 Å². The van der Waals surface area contributed by atoms with Crippen LogP contribution in [0.3, 0.4) is 0 Å². The second kappa shape index (κ2) is 3.27. The zero-order valence-corrected chi connectivity index (χ0v) is 9.72. The van der Waals surface area contributed by atoms with Crippen LogP contribution in [-0.2, 0) is 0 Å². The van der Waals surface area contributed by atoms with Gasteiger partial charge in [0.05, 0.1) is 5.60 Å². The van der Waals surface area contributed by atoms with Gasteiger partial charge < -0.3 is 5.11 Å². The van der Waals surface area contributed by atoms with Gasteiger partial charge in [-0.05, 0) is 43.4 Å². The summed E-state index contributed by atoms with van der Waals surface area (Å²) in [7, 11) is 0. The van der Waals surface area contributed by atoms with Crippen LogP contribution in [0, 0.1) is 17.3 Å². The highest BCUT2D eigenvalue weighted by atomic mass is 16.3. The SMILES string of the molecule is CC1CC(C)(O)CCC1C(C)(C)C. The fourth-order valence-corrected chi connectivity index (χ4v) is 2.98. The molecule has 0 bridgehead atoms. The van der Waals surface area contributed by atoms with E-state index in [1.54, 1.807) is 0 Å². The summed E-state index contributed by atoms with van der Waals surface area (Å²) in [5.74, 6) is 1.43. The second-order valence-corrected chi connectivity index (χ2v) is 6.19. The maximum Gasteiger partial charge on any atom is 0.0622 e. The zero-order valence-electron chi connectivity index (χ0n) is 9.72. The number of aliphatic hydroxyl groups is 1. The Bertz CT molecular complexity index is 176. The van der Waals surface area contributed by atoms with E-state index in [1.165, 1.54) is 6.42 Å². The Morgan fingerprint density at radius 2 is 1.85 bits per heavy atom. The van der Waals surface area contributed by atoms with Gasteiger partial charge in [0.2, 0.25) is 0 Å². The predicted molar refractivity (Wildman–Crippen MR) is 56.6 cm³/mol. The molecular weight excluding hydrogens is 160 g/mol. The monoisotopic (exact) mass is 184 g/mol. The van der Waals surface area contributed by atoms with Crippen molar-refractivity contribution in [2.24, 2.45) is 17.3 Å². The van der Waals surface area contributed by atoms with E-state index in [-0.39, 0.29) is 0 Å². The average molecular weight is 184 g/mol. The van der Waals surface area contributed by atoms with Crippen LogP contribution in [0.15, 0.2) is 0 Å². The van der Waals surface area contributed by atoms with Crippen molar-refractivity contribution in [3.8, 4) is 0 Å². The molecule has 1 saturated carbocycles. The molecule has 0 aromatic carbocycles. The number of hydrogen-bond donors (Lipinski definition) is 1. The summed E-state index contributed by atoms with van der Waals surface area (Å²) in [6, 6.07) is 0. The molecule has 3 atom stereocenters. The minimum Gasteiger partial charge on any atom is -0.390 e. The van der Waals surface area contributed by atoms with Crippen LogP contribution in [0.2, 0.25) is 0 Å². The molecule has 1 heteroatoms. The first kappa shape index (κ1) is 11.0. The van der Waals surface area contributed by atoms with Crippen molar-refractivity contribution in [3.63, 3.8) is 0 Å². The Kier molecular flexibility index (Phi) is 2.78. The van der Waals surface area contributed by atoms with Crippen LogP contribution in [0.25, 0.3) is 0 Å². The molecule has 0 spiro atoms. The largest absolute Gasteiger partial charge is 0.390 e. The van der Waals surface area contributed by atoms with E-state index < -0.39 is 5.60 Å². The van der Waals surface area contributed by atoms with Crippen LogP contribution in [0.1, 0.15) is 53.9 Å². The smallest absolute Gasteiger partial charge is 0.0622 e. The fraction of sp³-hybridized carbons (Fsp3) is 1.00. The first-order valence-corrected chi connectivity index (χ1v) is 5.45. The van der Waals surface area contributed by atoms with Gasteiger partial charge in [-0.2, -0.15) is 0 Å². The van der Waals surface area contributed by atoms with Gasteiger partial charge in [-0.15, -0.1) is 0 Å². The lowest BCUT2D eigenvalue weighted by Gasteiger charge is -2.44. The second-order valence-electron chi connectivity index (χ2n) is 6.19. The van der Waals surface area contributed by atoms with Crippen LogP contribution in [0.5, 0.6) is 0 Å². The van der Waals surface area contributed by atoms with Crippen LogP contribution in [-0.4, -0.2) is 10.7 Å². The van der Waals surface area contributed by atoms with E-state index in [0.29, 0.717) is 11.3 Å². The highest BCUT2D eigenvalue weighted by molar-refractivity contribution is 4.90. The molecule has 1 aliphatic rings. The van der Waals surface area contributed by atoms with Gasteiger partial charge in [-0.1, -0.05) is 27.7 Å². The van der Waals surface area contributed by atoms with Crippen molar-refractivity contribution < 1.29 is 5.11 Å². The van der Waals surface area contributed by atoms with Gasteiger partial charge in [0.15, 0.2) is 0 Å². The molecule has 3 unspecified atom stereocenters. The van der Waals surface area contributed by atoms with Gasteiger partial charge in [-0.3, -0.25) is 0 Å². The molecule has 0 aromatic heterocycles. The maximum absolute atomic E-state index is 9.93. The summed E-state index contributed by atoms with van der Waals surface area (Å²) in [5.41, 5.74) is -0.00289. The topological polar surface area (TPSA) is 20.2 Å². The molecule has 1 aliphatic carbocycles. The van der Waals surface area contributed by atoms with E-state index in [4.69, 9.17) is 0 Å². The molecule has 78 valence electrons. The van der Waals surface area contributed by atoms with Crippen molar-refractivity contribution in [1.82, 2.24) is 0 Å². The lowest BCUT2D eigenvalue weighted by atomic mass is 9.64. The van der Waals surface area contributed by atoms with Gasteiger partial charge >= 0.3 is 0 Å². The first-order valence-electron chi connectivity index (χ1n) is 5.45. The summed E-state index contributed by atoms with van der Waals surface area (Å²) in [5, 5.41) is 9.93. The Labute approximate surface area is 82.5 Å². The van der Waals surface area contributed by atoms with Gasteiger partial charge in [0, 0.05) is 0 Å². The molecule has 1 fully saturated rings. The lowest BCUT2D eigenvalue weighted by Crippen LogP contribution is -2.40. The third kappa shape index (κ3) is 2.70. The normalized spacial score (nSPS) is 42.0. The molecule has 1 nitrogen and oxygen atoms in total. The van der Waals surface area contributed by atoms with E-state index in [1.807, 2.05) is 6.92 Å². The highest BCUT2D eigenvalue weighted by Crippen LogP contribution is 2.44. The molecule has 0 radical (unpaired) electrons. The fourth-order valence-electron chi connectivity index (χ4n) is 2.98. The van der Waals surface area contributed by atoms with Crippen molar-refractivity contribution in [2.75, 3.05) is 0 Å². The summed E-state index contributed by atoms with van der Waals surface area (Å²) >= 11 is 0. The van der Waals surface area contributed by atoms with Crippen molar-refractivity contribution in [1.29, 1.82) is 0 Å². The third-order valence-corrected chi connectivity index (χ3v) is 3.55. The van der Waals surface area contributed by atoms with Gasteiger partial charge in [0.25, 0.3) is 0 Å². The lowest BCUT2D eigenvalue weighted by molar-refractivity contribution is -0.0383. The minimum atomic E-state index is -0.402. The van der Waals surface area contributed by atoms with Crippen molar-refractivity contribution in [3.05, 3.63) is 0 Å². The highest BCUT2D eigenvalue weighted by Gasteiger charge is 2.38. The molecule has 0 amide bonds. The Morgan fingerprint density at radius 3 is 2.23 bits per heavy atom. The van der Waals surface area contributed by atoms with Crippen molar-refractivity contribution in [2.45, 2.75) is 59.5 Å². The zero-order chi connectivity index (χ0) is 10.3. The Morgan fingerprint density at radius 1 is 1.31 bits per heavy atom. The maximum atomic E-state index is 9.93. The Hall–Kier alpha value is -0.0400.